The monoisotopic (exact) mass is 435 g/mol. The number of rotatable bonds is 5. The topological polar surface area (TPSA) is 86.8 Å². The molecule has 29 heavy (non-hydrogen) atoms. The van der Waals surface area contributed by atoms with Crippen molar-refractivity contribution in [1.82, 2.24) is 9.21 Å². The molecular weight excluding hydrogens is 414 g/mol. The number of nitrogens with zero attached hydrogens (tertiary/aromatic N) is 2. The minimum absolute atomic E-state index is 0.168. The summed E-state index contributed by atoms with van der Waals surface area (Å²) in [6.45, 7) is 1.05. The van der Waals surface area contributed by atoms with Gasteiger partial charge in [-0.1, -0.05) is 11.6 Å². The summed E-state index contributed by atoms with van der Waals surface area (Å²) < 4.78 is 26.6. The smallest absolute Gasteiger partial charge is 0.255 e. The third-order valence-corrected chi connectivity index (χ3v) is 6.92. The molecule has 1 N–H and O–H groups in total. The first-order valence-electron chi connectivity index (χ1n) is 9.13. The zero-order valence-corrected chi connectivity index (χ0v) is 17.8. The fourth-order valence-corrected chi connectivity index (χ4v) is 4.78. The summed E-state index contributed by atoms with van der Waals surface area (Å²) >= 11 is 6.08. The van der Waals surface area contributed by atoms with Crippen LogP contribution in [0.15, 0.2) is 47.4 Å². The molecule has 0 spiro atoms. The molecule has 0 aliphatic carbocycles. The van der Waals surface area contributed by atoms with Crippen LogP contribution in [-0.2, 0) is 10.0 Å². The first-order chi connectivity index (χ1) is 13.7. The Morgan fingerprint density at radius 2 is 1.66 bits per heavy atom. The second kappa shape index (κ2) is 8.52. The van der Waals surface area contributed by atoms with Gasteiger partial charge in [0, 0.05) is 38.4 Å². The molecule has 1 aliphatic heterocycles. The van der Waals surface area contributed by atoms with Gasteiger partial charge in [-0.3, -0.25) is 9.59 Å². The SMILES string of the molecule is CN(C)C(=O)c1cc(NC(=O)c2ccc(S(=O)(=O)N3CCCC3)cc2)ccc1Cl. The van der Waals surface area contributed by atoms with Crippen LogP contribution in [0.3, 0.4) is 0 Å². The highest BCUT2D eigenvalue weighted by Crippen LogP contribution is 2.23. The second-order valence-electron chi connectivity index (χ2n) is 6.98. The third kappa shape index (κ3) is 4.60. The fourth-order valence-electron chi connectivity index (χ4n) is 3.07. The van der Waals surface area contributed by atoms with E-state index in [1.54, 1.807) is 26.2 Å². The molecule has 3 rings (SSSR count). The summed E-state index contributed by atoms with van der Waals surface area (Å²) in [4.78, 5) is 26.3. The fraction of sp³-hybridized carbons (Fsp3) is 0.300. The molecule has 1 aliphatic rings. The summed E-state index contributed by atoms with van der Waals surface area (Å²) in [5.74, 6) is -0.691. The second-order valence-corrected chi connectivity index (χ2v) is 9.33. The van der Waals surface area contributed by atoms with E-state index in [1.807, 2.05) is 0 Å². The van der Waals surface area contributed by atoms with Gasteiger partial charge < -0.3 is 10.2 Å². The molecule has 2 aromatic rings. The molecule has 1 fully saturated rings. The van der Waals surface area contributed by atoms with E-state index in [1.165, 1.54) is 39.5 Å². The summed E-state index contributed by atoms with van der Waals surface area (Å²) in [6, 6.07) is 10.5. The van der Waals surface area contributed by atoms with E-state index < -0.39 is 15.9 Å². The Morgan fingerprint density at radius 1 is 1.03 bits per heavy atom. The van der Waals surface area contributed by atoms with Crippen LogP contribution in [0.2, 0.25) is 5.02 Å². The van der Waals surface area contributed by atoms with E-state index in [0.29, 0.717) is 24.3 Å². The molecule has 1 saturated heterocycles. The number of hydrogen-bond donors (Lipinski definition) is 1. The van der Waals surface area contributed by atoms with Gasteiger partial charge in [-0.2, -0.15) is 4.31 Å². The lowest BCUT2D eigenvalue weighted by atomic mass is 10.1. The van der Waals surface area contributed by atoms with Gasteiger partial charge in [0.25, 0.3) is 11.8 Å². The quantitative estimate of drug-likeness (QED) is 0.781. The maximum absolute atomic E-state index is 12.6. The highest BCUT2D eigenvalue weighted by molar-refractivity contribution is 7.89. The van der Waals surface area contributed by atoms with Gasteiger partial charge in [0.05, 0.1) is 15.5 Å². The van der Waals surface area contributed by atoms with Crippen molar-refractivity contribution >= 4 is 39.1 Å². The van der Waals surface area contributed by atoms with Crippen LogP contribution in [0.5, 0.6) is 0 Å². The molecule has 7 nitrogen and oxygen atoms in total. The maximum Gasteiger partial charge on any atom is 0.255 e. The van der Waals surface area contributed by atoms with Crippen molar-refractivity contribution in [2.45, 2.75) is 17.7 Å². The zero-order chi connectivity index (χ0) is 21.2. The number of halogens is 1. The normalized spacial score (nSPS) is 14.6. The molecule has 0 radical (unpaired) electrons. The molecule has 0 aromatic heterocycles. The average Bonchev–Trinajstić information content (AvgIpc) is 3.24. The Hall–Kier alpha value is -2.42. The molecule has 0 unspecified atom stereocenters. The maximum atomic E-state index is 12.6. The van der Waals surface area contributed by atoms with Gasteiger partial charge in [-0.25, -0.2) is 8.42 Å². The molecule has 0 saturated carbocycles. The molecule has 2 amide bonds. The number of carbonyl (C=O) groups is 2. The highest BCUT2D eigenvalue weighted by Gasteiger charge is 2.27. The van der Waals surface area contributed by atoms with Crippen LogP contribution in [-0.4, -0.2) is 56.6 Å². The Bertz CT molecular complexity index is 1030. The number of hydrogen-bond acceptors (Lipinski definition) is 4. The van der Waals surface area contributed by atoms with Crippen molar-refractivity contribution in [3.05, 3.63) is 58.6 Å². The van der Waals surface area contributed by atoms with Crippen molar-refractivity contribution in [2.75, 3.05) is 32.5 Å². The molecule has 1 heterocycles. The van der Waals surface area contributed by atoms with Crippen LogP contribution in [0.1, 0.15) is 33.6 Å². The molecular formula is C20H22ClN3O4S. The van der Waals surface area contributed by atoms with Crippen molar-refractivity contribution in [1.29, 1.82) is 0 Å². The lowest BCUT2D eigenvalue weighted by molar-refractivity contribution is 0.0827. The summed E-state index contributed by atoms with van der Waals surface area (Å²) in [5.41, 5.74) is 1.00. The van der Waals surface area contributed by atoms with E-state index in [-0.39, 0.29) is 21.4 Å². The summed E-state index contributed by atoms with van der Waals surface area (Å²) in [7, 11) is -0.298. The summed E-state index contributed by atoms with van der Waals surface area (Å²) in [6.07, 6.45) is 1.72. The first-order valence-corrected chi connectivity index (χ1v) is 10.9. The van der Waals surface area contributed by atoms with Gasteiger partial charge in [-0.15, -0.1) is 0 Å². The number of sulfonamides is 1. The van der Waals surface area contributed by atoms with Gasteiger partial charge in [0.1, 0.15) is 0 Å². The predicted octanol–water partition coefficient (Wildman–Crippen LogP) is 3.08. The molecule has 0 bridgehead atoms. The van der Waals surface area contributed by atoms with Crippen LogP contribution < -0.4 is 5.32 Å². The standard InChI is InChI=1S/C20H22ClN3O4S/c1-23(2)20(26)17-13-15(7-10-18(17)21)22-19(25)14-5-8-16(9-6-14)29(27,28)24-11-3-4-12-24/h5-10,13H,3-4,11-12H2,1-2H3,(H,22,25). The number of anilines is 1. The lowest BCUT2D eigenvalue weighted by Crippen LogP contribution is -2.27. The van der Waals surface area contributed by atoms with Gasteiger partial charge in [-0.05, 0) is 55.3 Å². The van der Waals surface area contributed by atoms with Gasteiger partial charge >= 0.3 is 0 Å². The van der Waals surface area contributed by atoms with Crippen LogP contribution >= 0.6 is 11.6 Å². The van der Waals surface area contributed by atoms with Crippen molar-refractivity contribution in [3.63, 3.8) is 0 Å². The Morgan fingerprint density at radius 3 is 2.24 bits per heavy atom. The van der Waals surface area contributed by atoms with E-state index in [2.05, 4.69) is 5.32 Å². The Kier molecular flexibility index (Phi) is 6.26. The minimum atomic E-state index is -3.52. The van der Waals surface area contributed by atoms with E-state index >= 15 is 0 Å². The van der Waals surface area contributed by atoms with Crippen molar-refractivity contribution in [2.24, 2.45) is 0 Å². The zero-order valence-electron chi connectivity index (χ0n) is 16.2. The largest absolute Gasteiger partial charge is 0.345 e. The third-order valence-electron chi connectivity index (χ3n) is 4.68. The highest BCUT2D eigenvalue weighted by atomic mass is 35.5. The molecule has 0 atom stereocenters. The van der Waals surface area contributed by atoms with E-state index in [9.17, 15) is 18.0 Å². The summed E-state index contributed by atoms with van der Waals surface area (Å²) in [5, 5.41) is 2.99. The van der Waals surface area contributed by atoms with Crippen LogP contribution in [0.25, 0.3) is 0 Å². The first kappa shape index (κ1) is 21.3. The van der Waals surface area contributed by atoms with Crippen molar-refractivity contribution in [3.8, 4) is 0 Å². The van der Waals surface area contributed by atoms with Gasteiger partial charge in [0.2, 0.25) is 10.0 Å². The number of carbonyl (C=O) groups excluding carboxylic acids is 2. The Balaban J connectivity index is 1.76. The van der Waals surface area contributed by atoms with Gasteiger partial charge in [0.15, 0.2) is 0 Å². The van der Waals surface area contributed by atoms with E-state index in [0.717, 1.165) is 12.8 Å². The average molecular weight is 436 g/mol. The minimum Gasteiger partial charge on any atom is -0.345 e. The van der Waals surface area contributed by atoms with Crippen LogP contribution in [0.4, 0.5) is 5.69 Å². The number of benzene rings is 2. The van der Waals surface area contributed by atoms with E-state index in [4.69, 9.17) is 11.6 Å². The van der Waals surface area contributed by atoms with Crippen LogP contribution in [0, 0.1) is 0 Å². The Labute approximate surface area is 175 Å². The molecule has 154 valence electrons. The predicted molar refractivity (Wildman–Crippen MR) is 112 cm³/mol. The number of amides is 2. The van der Waals surface area contributed by atoms with Crippen molar-refractivity contribution < 1.29 is 18.0 Å². The number of nitrogens with one attached hydrogen (secondary N) is 1. The lowest BCUT2D eigenvalue weighted by Gasteiger charge is -2.15. The molecule has 2 aromatic carbocycles. The molecule has 9 heteroatoms.